The van der Waals surface area contributed by atoms with Crippen LogP contribution < -0.4 is 4.90 Å². The Bertz CT molecular complexity index is 521. The lowest BCUT2D eigenvalue weighted by atomic mass is 9.99. The van der Waals surface area contributed by atoms with Crippen LogP contribution in [-0.2, 0) is 0 Å². The van der Waals surface area contributed by atoms with Gasteiger partial charge in [-0.25, -0.2) is 4.79 Å². The van der Waals surface area contributed by atoms with Crippen LogP contribution in [0.25, 0.3) is 0 Å². The third-order valence-corrected chi connectivity index (χ3v) is 4.70. The number of piperazine rings is 1. The Balaban J connectivity index is 1.76. The number of benzene rings is 1. The van der Waals surface area contributed by atoms with E-state index in [1.54, 1.807) is 12.1 Å². The number of fused-ring (bicyclic) bond motifs is 1. The predicted molar refractivity (Wildman–Crippen MR) is 79.8 cm³/mol. The summed E-state index contributed by atoms with van der Waals surface area (Å²) in [4.78, 5) is 15.9. The molecule has 3 rings (SSSR count). The van der Waals surface area contributed by atoms with Crippen LogP contribution in [0.3, 0.4) is 0 Å². The second kappa shape index (κ2) is 5.62. The molecule has 0 bridgehead atoms. The van der Waals surface area contributed by atoms with E-state index in [0.29, 0.717) is 11.1 Å². The van der Waals surface area contributed by atoms with Crippen LogP contribution in [0.1, 0.15) is 29.6 Å². The summed E-state index contributed by atoms with van der Waals surface area (Å²) in [6.45, 7) is 4.31. The van der Waals surface area contributed by atoms with Gasteiger partial charge >= 0.3 is 5.97 Å². The molecule has 20 heavy (non-hydrogen) atoms. The zero-order chi connectivity index (χ0) is 14.1. The van der Waals surface area contributed by atoms with Gasteiger partial charge in [0.2, 0.25) is 0 Å². The van der Waals surface area contributed by atoms with Crippen LogP contribution in [0, 0.1) is 0 Å². The fourth-order valence-corrected chi connectivity index (χ4v) is 3.52. The lowest BCUT2D eigenvalue weighted by Crippen LogP contribution is -2.54. The van der Waals surface area contributed by atoms with E-state index in [4.69, 9.17) is 16.7 Å². The number of carboxylic acids is 1. The Labute approximate surface area is 123 Å². The number of nitrogens with zero attached hydrogens (tertiary/aromatic N) is 2. The van der Waals surface area contributed by atoms with Gasteiger partial charge in [-0.05, 0) is 37.6 Å². The number of hydrogen-bond donors (Lipinski definition) is 1. The quantitative estimate of drug-likeness (QED) is 0.911. The Morgan fingerprint density at radius 2 is 2.10 bits per heavy atom. The molecule has 2 saturated heterocycles. The summed E-state index contributed by atoms with van der Waals surface area (Å²) in [6, 6.07) is 5.89. The first-order valence-corrected chi connectivity index (χ1v) is 7.55. The number of aromatic carboxylic acids is 1. The van der Waals surface area contributed by atoms with Crippen molar-refractivity contribution < 1.29 is 9.90 Å². The summed E-state index contributed by atoms with van der Waals surface area (Å²) in [6.07, 6.45) is 3.89. The summed E-state index contributed by atoms with van der Waals surface area (Å²) in [5, 5.41) is 9.34. The van der Waals surface area contributed by atoms with Crippen molar-refractivity contribution in [2.45, 2.75) is 25.3 Å². The fraction of sp³-hybridized carbons (Fsp3) is 0.533. The average Bonchev–Trinajstić information content (AvgIpc) is 2.46. The SMILES string of the molecule is O=C(O)c1ccc(N2CCN3CCCCC3C2)cc1Cl. The Hall–Kier alpha value is -1.26. The van der Waals surface area contributed by atoms with Crippen molar-refractivity contribution in [2.75, 3.05) is 31.1 Å². The first-order valence-electron chi connectivity index (χ1n) is 7.17. The molecule has 0 amide bonds. The number of carboxylic acid groups (broad SMARTS) is 1. The Morgan fingerprint density at radius 1 is 1.25 bits per heavy atom. The molecular weight excluding hydrogens is 276 g/mol. The van der Waals surface area contributed by atoms with Gasteiger partial charge in [0.15, 0.2) is 0 Å². The molecule has 1 unspecified atom stereocenters. The lowest BCUT2D eigenvalue weighted by Gasteiger charge is -2.45. The average molecular weight is 295 g/mol. The molecule has 0 aromatic heterocycles. The zero-order valence-corrected chi connectivity index (χ0v) is 12.1. The summed E-state index contributed by atoms with van der Waals surface area (Å²) >= 11 is 6.06. The van der Waals surface area contributed by atoms with Crippen LogP contribution >= 0.6 is 11.6 Å². The molecule has 1 aromatic rings. The second-order valence-corrected chi connectivity index (χ2v) is 6.01. The molecule has 2 aliphatic rings. The van der Waals surface area contributed by atoms with E-state index in [9.17, 15) is 4.79 Å². The Kier molecular flexibility index (Phi) is 3.85. The molecule has 5 heteroatoms. The maximum absolute atomic E-state index is 11.0. The van der Waals surface area contributed by atoms with E-state index in [-0.39, 0.29) is 5.56 Å². The number of carbonyl (C=O) groups is 1. The summed E-state index contributed by atoms with van der Waals surface area (Å²) < 4.78 is 0. The van der Waals surface area contributed by atoms with Gasteiger partial charge in [-0.1, -0.05) is 18.0 Å². The van der Waals surface area contributed by atoms with Gasteiger partial charge in [-0.3, -0.25) is 4.90 Å². The van der Waals surface area contributed by atoms with Crippen molar-refractivity contribution in [1.29, 1.82) is 0 Å². The van der Waals surface area contributed by atoms with Gasteiger partial charge in [0.05, 0.1) is 10.6 Å². The normalized spacial score (nSPS) is 23.4. The van der Waals surface area contributed by atoms with E-state index in [1.807, 2.05) is 6.07 Å². The second-order valence-electron chi connectivity index (χ2n) is 5.60. The van der Waals surface area contributed by atoms with Crippen LogP contribution in [0.2, 0.25) is 5.02 Å². The number of halogens is 1. The third-order valence-electron chi connectivity index (χ3n) is 4.39. The number of hydrogen-bond acceptors (Lipinski definition) is 3. The molecular formula is C15H19ClN2O2. The van der Waals surface area contributed by atoms with Crippen molar-refractivity contribution in [1.82, 2.24) is 4.90 Å². The van der Waals surface area contributed by atoms with E-state index in [1.165, 1.54) is 25.8 Å². The molecule has 1 aromatic carbocycles. The maximum Gasteiger partial charge on any atom is 0.337 e. The highest BCUT2D eigenvalue weighted by atomic mass is 35.5. The van der Waals surface area contributed by atoms with Crippen molar-refractivity contribution in [3.05, 3.63) is 28.8 Å². The lowest BCUT2D eigenvalue weighted by molar-refractivity contribution is 0.0697. The minimum absolute atomic E-state index is 0.173. The van der Waals surface area contributed by atoms with E-state index in [2.05, 4.69) is 9.80 Å². The highest BCUT2D eigenvalue weighted by Gasteiger charge is 2.29. The van der Waals surface area contributed by atoms with E-state index >= 15 is 0 Å². The molecule has 0 spiro atoms. The third kappa shape index (κ3) is 2.63. The maximum atomic E-state index is 11.0. The molecule has 0 aliphatic carbocycles. The molecule has 1 atom stereocenters. The van der Waals surface area contributed by atoms with Gasteiger partial charge in [-0.2, -0.15) is 0 Å². The topological polar surface area (TPSA) is 43.8 Å². The molecule has 2 heterocycles. The number of piperidine rings is 1. The number of rotatable bonds is 2. The molecule has 4 nitrogen and oxygen atoms in total. The van der Waals surface area contributed by atoms with Crippen molar-refractivity contribution >= 4 is 23.3 Å². The predicted octanol–water partition coefficient (Wildman–Crippen LogP) is 2.71. The molecule has 2 fully saturated rings. The first kappa shape index (κ1) is 13.7. The number of anilines is 1. The highest BCUT2D eigenvalue weighted by molar-refractivity contribution is 6.33. The molecule has 0 radical (unpaired) electrons. The van der Waals surface area contributed by atoms with Crippen LogP contribution in [0.5, 0.6) is 0 Å². The van der Waals surface area contributed by atoms with Crippen molar-refractivity contribution in [2.24, 2.45) is 0 Å². The molecule has 1 N–H and O–H groups in total. The minimum atomic E-state index is -0.973. The van der Waals surface area contributed by atoms with Crippen LogP contribution in [-0.4, -0.2) is 48.2 Å². The Morgan fingerprint density at radius 3 is 2.85 bits per heavy atom. The molecule has 2 aliphatic heterocycles. The van der Waals surface area contributed by atoms with Gasteiger partial charge in [0, 0.05) is 31.4 Å². The summed E-state index contributed by atoms with van der Waals surface area (Å²) in [7, 11) is 0. The van der Waals surface area contributed by atoms with Crippen LogP contribution in [0.4, 0.5) is 5.69 Å². The first-order chi connectivity index (χ1) is 9.65. The van der Waals surface area contributed by atoms with Gasteiger partial charge in [-0.15, -0.1) is 0 Å². The monoisotopic (exact) mass is 294 g/mol. The fourth-order valence-electron chi connectivity index (χ4n) is 3.26. The van der Waals surface area contributed by atoms with E-state index in [0.717, 1.165) is 25.3 Å². The minimum Gasteiger partial charge on any atom is -0.478 e. The smallest absolute Gasteiger partial charge is 0.337 e. The largest absolute Gasteiger partial charge is 0.478 e. The van der Waals surface area contributed by atoms with Gasteiger partial charge in [0.1, 0.15) is 0 Å². The van der Waals surface area contributed by atoms with Crippen LogP contribution in [0.15, 0.2) is 18.2 Å². The highest BCUT2D eigenvalue weighted by Crippen LogP contribution is 2.28. The zero-order valence-electron chi connectivity index (χ0n) is 11.4. The van der Waals surface area contributed by atoms with Crippen molar-refractivity contribution in [3.8, 4) is 0 Å². The standard InChI is InChI=1S/C15H19ClN2O2/c16-14-9-11(4-5-13(14)15(19)20)18-8-7-17-6-2-1-3-12(17)10-18/h4-5,9,12H,1-3,6-8,10H2,(H,19,20). The van der Waals surface area contributed by atoms with E-state index < -0.39 is 5.97 Å². The van der Waals surface area contributed by atoms with Crippen molar-refractivity contribution in [3.63, 3.8) is 0 Å². The van der Waals surface area contributed by atoms with Gasteiger partial charge < -0.3 is 10.0 Å². The summed E-state index contributed by atoms with van der Waals surface area (Å²) in [5.41, 5.74) is 1.21. The molecule has 0 saturated carbocycles. The molecule has 108 valence electrons. The summed E-state index contributed by atoms with van der Waals surface area (Å²) in [5.74, 6) is -0.973. The van der Waals surface area contributed by atoms with Gasteiger partial charge in [0.25, 0.3) is 0 Å².